The number of anilines is 1. The minimum Gasteiger partial charge on any atom is -0.492 e. The molecule has 0 unspecified atom stereocenters. The Morgan fingerprint density at radius 3 is 2.50 bits per heavy atom. The monoisotopic (exact) mass is 415 g/mol. The smallest absolute Gasteiger partial charge is 0.255 e. The summed E-state index contributed by atoms with van der Waals surface area (Å²) in [5.74, 6) is 0.168. The molecular formula is C22H19Cl2NO3. The van der Waals surface area contributed by atoms with Gasteiger partial charge in [0.1, 0.15) is 11.9 Å². The van der Waals surface area contributed by atoms with Crippen LogP contribution in [0.3, 0.4) is 0 Å². The van der Waals surface area contributed by atoms with Crippen LogP contribution in [0.25, 0.3) is 0 Å². The number of carbonyl (C=O) groups is 1. The molecule has 3 aromatic carbocycles. The average Bonchev–Trinajstić information content (AvgIpc) is 2.71. The number of hydrogen-bond donors (Lipinski definition) is 2. The summed E-state index contributed by atoms with van der Waals surface area (Å²) >= 11 is 12.3. The Hall–Kier alpha value is -2.53. The fraction of sp³-hybridized carbons (Fsp3) is 0.136. The summed E-state index contributed by atoms with van der Waals surface area (Å²) in [5.41, 5.74) is 2.05. The molecule has 3 rings (SSSR count). The molecule has 1 amide bonds. The molecule has 0 bridgehead atoms. The number of nitrogens with one attached hydrogen (secondary N) is 1. The molecule has 4 nitrogen and oxygen atoms in total. The summed E-state index contributed by atoms with van der Waals surface area (Å²) in [6, 6.07) is 19.0. The van der Waals surface area contributed by atoms with E-state index in [4.69, 9.17) is 27.9 Å². The zero-order valence-electron chi connectivity index (χ0n) is 15.2. The number of amides is 1. The molecule has 0 aliphatic carbocycles. The van der Waals surface area contributed by atoms with Gasteiger partial charge in [-0.25, -0.2) is 0 Å². The molecule has 3 aromatic rings. The highest BCUT2D eigenvalue weighted by Gasteiger charge is 2.18. The van der Waals surface area contributed by atoms with Crippen molar-refractivity contribution in [1.82, 2.24) is 0 Å². The maximum atomic E-state index is 12.7. The van der Waals surface area contributed by atoms with Gasteiger partial charge in [-0.2, -0.15) is 0 Å². The number of halogens is 2. The van der Waals surface area contributed by atoms with E-state index in [0.29, 0.717) is 44.8 Å². The van der Waals surface area contributed by atoms with Gasteiger partial charge in [-0.1, -0.05) is 53.5 Å². The Bertz CT molecular complexity index is 977. The van der Waals surface area contributed by atoms with Crippen LogP contribution in [0.2, 0.25) is 10.0 Å². The highest BCUT2D eigenvalue weighted by Crippen LogP contribution is 2.32. The van der Waals surface area contributed by atoms with Gasteiger partial charge in [0, 0.05) is 21.8 Å². The quantitative estimate of drug-likeness (QED) is 0.540. The highest BCUT2D eigenvalue weighted by atomic mass is 35.5. The molecule has 1 atom stereocenters. The van der Waals surface area contributed by atoms with Crippen molar-refractivity contribution in [3.05, 3.63) is 93.5 Å². The van der Waals surface area contributed by atoms with Crippen molar-refractivity contribution in [2.75, 3.05) is 11.9 Å². The van der Waals surface area contributed by atoms with E-state index in [1.54, 1.807) is 36.4 Å². The second-order valence-corrected chi connectivity index (χ2v) is 6.92. The lowest BCUT2D eigenvalue weighted by Gasteiger charge is -2.17. The topological polar surface area (TPSA) is 58.6 Å². The third-order valence-electron chi connectivity index (χ3n) is 4.17. The third kappa shape index (κ3) is 4.65. The number of ether oxygens (including phenoxy) is 1. The standard InChI is InChI=1S/C22H19Cl2NO3/c1-2-28-20-11-8-15(12-18(20)24)22(27)25-19-10-9-16(23)13-17(19)21(26)14-6-4-3-5-7-14/h3-13,21,26H,2H2,1H3,(H,25,27)/t21-/m0/s1. The van der Waals surface area contributed by atoms with Crippen molar-refractivity contribution >= 4 is 34.8 Å². The van der Waals surface area contributed by atoms with Crippen molar-refractivity contribution in [3.63, 3.8) is 0 Å². The zero-order chi connectivity index (χ0) is 20.1. The van der Waals surface area contributed by atoms with Crippen molar-refractivity contribution in [1.29, 1.82) is 0 Å². The number of benzene rings is 3. The first kappa shape index (κ1) is 20.2. The van der Waals surface area contributed by atoms with Gasteiger partial charge in [0.2, 0.25) is 0 Å². The van der Waals surface area contributed by atoms with Gasteiger partial charge in [0.15, 0.2) is 0 Å². The van der Waals surface area contributed by atoms with Gasteiger partial charge < -0.3 is 15.2 Å². The lowest BCUT2D eigenvalue weighted by Crippen LogP contribution is -2.15. The van der Waals surface area contributed by atoms with E-state index < -0.39 is 6.10 Å². The average molecular weight is 416 g/mol. The first-order chi connectivity index (χ1) is 13.5. The normalized spacial score (nSPS) is 11.7. The molecule has 144 valence electrons. The predicted octanol–water partition coefficient (Wildman–Crippen LogP) is 5.73. The van der Waals surface area contributed by atoms with E-state index in [9.17, 15) is 9.90 Å². The number of carbonyl (C=O) groups excluding carboxylic acids is 1. The maximum absolute atomic E-state index is 12.7. The first-order valence-corrected chi connectivity index (χ1v) is 9.51. The molecule has 2 N–H and O–H groups in total. The maximum Gasteiger partial charge on any atom is 0.255 e. The fourth-order valence-electron chi connectivity index (χ4n) is 2.80. The first-order valence-electron chi connectivity index (χ1n) is 8.75. The van der Waals surface area contributed by atoms with Crippen LogP contribution in [0.1, 0.15) is 34.5 Å². The fourth-order valence-corrected chi connectivity index (χ4v) is 3.21. The lowest BCUT2D eigenvalue weighted by molar-refractivity contribution is 0.102. The second kappa shape index (κ2) is 9.11. The molecular weight excluding hydrogens is 397 g/mol. The molecule has 0 fully saturated rings. The van der Waals surface area contributed by atoms with Crippen LogP contribution in [0.15, 0.2) is 66.7 Å². The zero-order valence-corrected chi connectivity index (χ0v) is 16.7. The summed E-state index contributed by atoms with van der Waals surface area (Å²) in [7, 11) is 0. The Kier molecular flexibility index (Phi) is 6.57. The minimum absolute atomic E-state index is 0.353. The number of hydrogen-bond acceptors (Lipinski definition) is 3. The summed E-state index contributed by atoms with van der Waals surface area (Å²) in [6.45, 7) is 2.34. The van der Waals surface area contributed by atoms with Crippen molar-refractivity contribution in [2.24, 2.45) is 0 Å². The Balaban J connectivity index is 1.88. The van der Waals surface area contributed by atoms with Crippen molar-refractivity contribution < 1.29 is 14.6 Å². The lowest BCUT2D eigenvalue weighted by atomic mass is 9.99. The van der Waals surface area contributed by atoms with E-state index in [1.165, 1.54) is 0 Å². The van der Waals surface area contributed by atoms with Crippen LogP contribution in [0.4, 0.5) is 5.69 Å². The Labute approximate surface area is 173 Å². The molecule has 0 saturated carbocycles. The van der Waals surface area contributed by atoms with Gasteiger partial charge in [-0.05, 0) is 48.9 Å². The molecule has 0 radical (unpaired) electrons. The molecule has 28 heavy (non-hydrogen) atoms. The summed E-state index contributed by atoms with van der Waals surface area (Å²) in [5, 5.41) is 14.4. The van der Waals surface area contributed by atoms with E-state index in [2.05, 4.69) is 5.32 Å². The molecule has 0 aliphatic heterocycles. The molecule has 0 aliphatic rings. The van der Waals surface area contributed by atoms with Gasteiger partial charge in [0.05, 0.1) is 11.6 Å². The van der Waals surface area contributed by atoms with Crippen LogP contribution >= 0.6 is 23.2 Å². The predicted molar refractivity (Wildman–Crippen MR) is 113 cm³/mol. The molecule has 0 heterocycles. The molecule has 0 spiro atoms. The minimum atomic E-state index is -0.931. The van der Waals surface area contributed by atoms with Gasteiger partial charge in [-0.15, -0.1) is 0 Å². The molecule has 0 aromatic heterocycles. The van der Waals surface area contributed by atoms with E-state index in [0.717, 1.165) is 0 Å². The van der Waals surface area contributed by atoms with E-state index in [1.807, 2.05) is 37.3 Å². The summed E-state index contributed by atoms with van der Waals surface area (Å²) < 4.78 is 5.39. The van der Waals surface area contributed by atoms with Crippen LogP contribution in [-0.4, -0.2) is 17.6 Å². The van der Waals surface area contributed by atoms with Crippen LogP contribution in [-0.2, 0) is 0 Å². The van der Waals surface area contributed by atoms with E-state index >= 15 is 0 Å². The van der Waals surface area contributed by atoms with Gasteiger partial charge in [-0.3, -0.25) is 4.79 Å². The van der Waals surface area contributed by atoms with Crippen LogP contribution < -0.4 is 10.1 Å². The summed E-state index contributed by atoms with van der Waals surface area (Å²) in [4.78, 5) is 12.7. The molecule has 0 saturated heterocycles. The number of aliphatic hydroxyl groups excluding tert-OH is 1. The van der Waals surface area contributed by atoms with Crippen LogP contribution in [0.5, 0.6) is 5.75 Å². The number of aliphatic hydroxyl groups is 1. The van der Waals surface area contributed by atoms with Gasteiger partial charge >= 0.3 is 0 Å². The summed E-state index contributed by atoms with van der Waals surface area (Å²) in [6.07, 6.45) is -0.931. The second-order valence-electron chi connectivity index (χ2n) is 6.08. The van der Waals surface area contributed by atoms with Crippen LogP contribution in [0, 0.1) is 0 Å². The molecule has 6 heteroatoms. The highest BCUT2D eigenvalue weighted by molar-refractivity contribution is 6.32. The van der Waals surface area contributed by atoms with Crippen molar-refractivity contribution in [2.45, 2.75) is 13.0 Å². The third-order valence-corrected chi connectivity index (χ3v) is 4.70. The Morgan fingerprint density at radius 1 is 1.07 bits per heavy atom. The van der Waals surface area contributed by atoms with Crippen molar-refractivity contribution in [3.8, 4) is 5.75 Å². The van der Waals surface area contributed by atoms with Gasteiger partial charge in [0.25, 0.3) is 5.91 Å². The SMILES string of the molecule is CCOc1ccc(C(=O)Nc2ccc(Cl)cc2[C@@H](O)c2ccccc2)cc1Cl. The number of rotatable bonds is 6. The largest absolute Gasteiger partial charge is 0.492 e. The Morgan fingerprint density at radius 2 is 1.82 bits per heavy atom. The van der Waals surface area contributed by atoms with E-state index in [-0.39, 0.29) is 5.91 Å².